The standard InChI is InChI=1S/C21H22F4N4O3S/c1-3-28-9-14(8-26-28)10-29-18(30)16(27-20(29)33)7-13-4-5-17(31-2)15(6-13)11-32-12-21(24,25)19(22)23/h4-9,19H,3,10-12H2,1-2H3,(H,27,33)/b16-7+. The fourth-order valence-electron chi connectivity index (χ4n) is 3.09. The molecule has 0 radical (unpaired) electrons. The lowest BCUT2D eigenvalue weighted by molar-refractivity contribution is -0.168. The average molecular weight is 486 g/mol. The van der Waals surface area contributed by atoms with E-state index in [1.54, 1.807) is 35.2 Å². The topological polar surface area (TPSA) is 68.6 Å². The van der Waals surface area contributed by atoms with Crippen LogP contribution in [0.4, 0.5) is 17.6 Å². The first-order valence-corrected chi connectivity index (χ1v) is 10.3. The van der Waals surface area contributed by atoms with E-state index in [1.165, 1.54) is 12.0 Å². The minimum atomic E-state index is -4.25. The van der Waals surface area contributed by atoms with Gasteiger partial charge < -0.3 is 14.8 Å². The van der Waals surface area contributed by atoms with Crippen LogP contribution in [-0.4, -0.2) is 51.8 Å². The highest BCUT2D eigenvalue weighted by Gasteiger charge is 2.41. The quantitative estimate of drug-likeness (QED) is 0.315. The van der Waals surface area contributed by atoms with Crippen molar-refractivity contribution >= 4 is 29.3 Å². The van der Waals surface area contributed by atoms with Crippen LogP contribution < -0.4 is 10.1 Å². The fraction of sp³-hybridized carbons (Fsp3) is 0.381. The van der Waals surface area contributed by atoms with Gasteiger partial charge in [0.2, 0.25) is 0 Å². The lowest BCUT2D eigenvalue weighted by atomic mass is 10.1. The van der Waals surface area contributed by atoms with Crippen LogP contribution >= 0.6 is 12.2 Å². The Kier molecular flexibility index (Phi) is 7.69. The fourth-order valence-corrected chi connectivity index (χ4v) is 3.34. The van der Waals surface area contributed by atoms with Crippen molar-refractivity contribution < 1.29 is 31.8 Å². The number of alkyl halides is 4. The smallest absolute Gasteiger partial charge is 0.330 e. The van der Waals surface area contributed by atoms with Crippen molar-refractivity contribution in [1.29, 1.82) is 0 Å². The van der Waals surface area contributed by atoms with Gasteiger partial charge in [0.25, 0.3) is 5.91 Å². The molecule has 1 saturated heterocycles. The molecule has 178 valence electrons. The first-order chi connectivity index (χ1) is 15.6. The molecule has 1 aliphatic heterocycles. The van der Waals surface area contributed by atoms with E-state index in [-0.39, 0.29) is 29.9 Å². The van der Waals surface area contributed by atoms with Crippen molar-refractivity contribution in [3.05, 3.63) is 53.0 Å². The summed E-state index contributed by atoms with van der Waals surface area (Å²) >= 11 is 5.28. The Hall–Kier alpha value is -2.99. The summed E-state index contributed by atoms with van der Waals surface area (Å²) in [6.45, 7) is 1.09. The minimum absolute atomic E-state index is 0.226. The zero-order valence-corrected chi connectivity index (χ0v) is 18.7. The van der Waals surface area contributed by atoms with E-state index in [2.05, 4.69) is 10.4 Å². The van der Waals surface area contributed by atoms with Crippen LogP contribution in [0.2, 0.25) is 0 Å². The third-order valence-corrected chi connectivity index (χ3v) is 5.12. The maximum atomic E-state index is 13.1. The zero-order valence-electron chi connectivity index (χ0n) is 17.9. The average Bonchev–Trinajstić information content (AvgIpc) is 3.33. The Morgan fingerprint density at radius 1 is 1.33 bits per heavy atom. The number of carbonyl (C=O) groups excluding carboxylic acids is 1. The van der Waals surface area contributed by atoms with Crippen molar-refractivity contribution in [1.82, 2.24) is 20.0 Å². The number of aromatic nitrogens is 2. The van der Waals surface area contributed by atoms with Gasteiger partial charge >= 0.3 is 12.3 Å². The van der Waals surface area contributed by atoms with Crippen molar-refractivity contribution in [3.8, 4) is 5.75 Å². The van der Waals surface area contributed by atoms with Crippen LogP contribution in [-0.2, 0) is 29.2 Å². The predicted octanol–water partition coefficient (Wildman–Crippen LogP) is 3.59. The van der Waals surface area contributed by atoms with Gasteiger partial charge in [-0.3, -0.25) is 14.4 Å². The SMILES string of the molecule is CCn1cc(CN2C(=O)/C(=C\c3ccc(OC)c(COCC(F)(F)C(F)F)c3)NC2=S)cn1. The molecule has 1 amide bonds. The first-order valence-electron chi connectivity index (χ1n) is 9.91. The Morgan fingerprint density at radius 3 is 2.73 bits per heavy atom. The summed E-state index contributed by atoms with van der Waals surface area (Å²) in [4.78, 5) is 14.2. The van der Waals surface area contributed by atoms with Gasteiger partial charge in [-0.15, -0.1) is 0 Å². The number of rotatable bonds is 10. The maximum Gasteiger partial charge on any atom is 0.330 e. The van der Waals surface area contributed by atoms with E-state index in [0.717, 1.165) is 5.56 Å². The molecular weight excluding hydrogens is 464 g/mol. The van der Waals surface area contributed by atoms with E-state index in [1.807, 2.05) is 13.1 Å². The Morgan fingerprint density at radius 2 is 2.09 bits per heavy atom. The summed E-state index contributed by atoms with van der Waals surface area (Å²) in [5, 5.41) is 7.28. The lowest BCUT2D eigenvalue weighted by Gasteiger charge is -2.16. The van der Waals surface area contributed by atoms with Crippen molar-refractivity contribution in [3.63, 3.8) is 0 Å². The third kappa shape index (κ3) is 5.88. The number of ether oxygens (including phenoxy) is 2. The summed E-state index contributed by atoms with van der Waals surface area (Å²) in [6.07, 6.45) is 1.21. The highest BCUT2D eigenvalue weighted by molar-refractivity contribution is 7.80. The Labute approximate surface area is 192 Å². The molecule has 33 heavy (non-hydrogen) atoms. The molecule has 7 nitrogen and oxygen atoms in total. The molecule has 12 heteroatoms. The molecule has 0 spiro atoms. The number of hydrogen-bond donors (Lipinski definition) is 1. The molecule has 1 N–H and O–H groups in total. The normalized spacial score (nSPS) is 15.6. The predicted molar refractivity (Wildman–Crippen MR) is 116 cm³/mol. The number of carbonyl (C=O) groups is 1. The van der Waals surface area contributed by atoms with Crippen LogP contribution in [0.5, 0.6) is 5.75 Å². The molecule has 2 aromatic rings. The molecule has 2 heterocycles. The molecule has 0 saturated carbocycles. The van der Waals surface area contributed by atoms with E-state index in [0.29, 0.717) is 23.4 Å². The second-order valence-electron chi connectivity index (χ2n) is 7.21. The Balaban J connectivity index is 1.73. The van der Waals surface area contributed by atoms with Crippen molar-refractivity contribution in [2.45, 2.75) is 39.0 Å². The molecule has 0 aliphatic carbocycles. The van der Waals surface area contributed by atoms with Crippen LogP contribution in [0.25, 0.3) is 6.08 Å². The summed E-state index contributed by atoms with van der Waals surface area (Å²) < 4.78 is 62.5. The summed E-state index contributed by atoms with van der Waals surface area (Å²) in [5.41, 5.74) is 1.94. The molecule has 1 aromatic heterocycles. The lowest BCUT2D eigenvalue weighted by Crippen LogP contribution is -2.32. The number of halogens is 4. The van der Waals surface area contributed by atoms with Crippen molar-refractivity contribution in [2.24, 2.45) is 0 Å². The number of nitrogens with one attached hydrogen (secondary N) is 1. The van der Waals surface area contributed by atoms with Gasteiger partial charge in [-0.1, -0.05) is 6.07 Å². The van der Waals surface area contributed by atoms with Crippen LogP contribution in [0.15, 0.2) is 36.3 Å². The second-order valence-corrected chi connectivity index (χ2v) is 7.60. The van der Waals surface area contributed by atoms with Crippen LogP contribution in [0.1, 0.15) is 23.6 Å². The molecule has 1 aromatic carbocycles. The highest BCUT2D eigenvalue weighted by Crippen LogP contribution is 2.26. The largest absolute Gasteiger partial charge is 0.496 e. The van der Waals surface area contributed by atoms with E-state index < -0.39 is 19.0 Å². The number of aryl methyl sites for hydroxylation is 1. The number of amides is 1. The molecule has 0 bridgehead atoms. The number of hydrogen-bond acceptors (Lipinski definition) is 5. The summed E-state index contributed by atoms with van der Waals surface area (Å²) in [5.74, 6) is -4.26. The second kappa shape index (κ2) is 10.3. The molecule has 3 rings (SSSR count). The molecular formula is C21H22F4N4O3S. The van der Waals surface area contributed by atoms with E-state index >= 15 is 0 Å². The minimum Gasteiger partial charge on any atom is -0.496 e. The van der Waals surface area contributed by atoms with Crippen LogP contribution in [0.3, 0.4) is 0 Å². The maximum absolute atomic E-state index is 13.1. The molecule has 0 atom stereocenters. The number of benzene rings is 1. The van der Waals surface area contributed by atoms with E-state index in [9.17, 15) is 22.4 Å². The van der Waals surface area contributed by atoms with Gasteiger partial charge in [0.15, 0.2) is 5.11 Å². The van der Waals surface area contributed by atoms with Gasteiger partial charge in [-0.05, 0) is 42.9 Å². The molecule has 0 unspecified atom stereocenters. The number of thiocarbonyl (C=S) groups is 1. The molecule has 1 aliphatic rings. The number of methoxy groups -OCH3 is 1. The Bertz CT molecular complexity index is 1060. The zero-order chi connectivity index (χ0) is 24.2. The number of nitrogens with zero attached hydrogens (tertiary/aromatic N) is 3. The van der Waals surface area contributed by atoms with Gasteiger partial charge in [-0.2, -0.15) is 13.9 Å². The highest BCUT2D eigenvalue weighted by atomic mass is 32.1. The molecule has 1 fully saturated rings. The van der Waals surface area contributed by atoms with Gasteiger partial charge in [0.1, 0.15) is 18.1 Å². The third-order valence-electron chi connectivity index (χ3n) is 4.80. The van der Waals surface area contributed by atoms with E-state index in [4.69, 9.17) is 21.7 Å². The monoisotopic (exact) mass is 486 g/mol. The van der Waals surface area contributed by atoms with Gasteiger partial charge in [0.05, 0.1) is 26.5 Å². The van der Waals surface area contributed by atoms with Gasteiger partial charge in [0, 0.05) is 23.9 Å². The van der Waals surface area contributed by atoms with Gasteiger partial charge in [-0.25, -0.2) is 8.78 Å². The van der Waals surface area contributed by atoms with Crippen LogP contribution in [0, 0.1) is 0 Å². The summed E-state index contributed by atoms with van der Waals surface area (Å²) in [7, 11) is 1.38. The first kappa shape index (κ1) is 24.6. The summed E-state index contributed by atoms with van der Waals surface area (Å²) in [6, 6.07) is 4.76. The van der Waals surface area contributed by atoms with Crippen molar-refractivity contribution in [2.75, 3.05) is 13.7 Å².